The Hall–Kier alpha value is -1.36. The Kier molecular flexibility index (Phi) is 6.02. The molecule has 0 fully saturated rings. The van der Waals surface area contributed by atoms with Crippen LogP contribution in [-0.4, -0.2) is 17.8 Å². The largest absolute Gasteiger partial charge is 1.00 e. The summed E-state index contributed by atoms with van der Waals surface area (Å²) in [5, 5.41) is 12.2. The lowest BCUT2D eigenvalue weighted by Crippen LogP contribution is -3.00. The molecule has 0 aliphatic carbocycles. The molecule has 2 N–H and O–H groups in total. The maximum Gasteiger partial charge on any atom is 0.134 e. The first-order valence-corrected chi connectivity index (χ1v) is 5.88. The van der Waals surface area contributed by atoms with E-state index in [1.807, 2.05) is 12.1 Å². The van der Waals surface area contributed by atoms with E-state index in [1.165, 1.54) is 12.1 Å². The SMILES string of the molecule is CC(O)CNCc1ccc(-c2ccc(F)cc2)o1.[Cl-]. The quantitative estimate of drug-likeness (QED) is 0.783. The normalized spacial score (nSPS) is 11.9. The molecule has 0 radical (unpaired) electrons. The summed E-state index contributed by atoms with van der Waals surface area (Å²) in [5.41, 5.74) is 0.846. The zero-order valence-electron chi connectivity index (χ0n) is 10.6. The van der Waals surface area contributed by atoms with E-state index in [4.69, 9.17) is 9.52 Å². The number of furan rings is 1. The fraction of sp³-hybridized carbons (Fsp3) is 0.286. The Labute approximate surface area is 117 Å². The van der Waals surface area contributed by atoms with Gasteiger partial charge in [0.15, 0.2) is 0 Å². The highest BCUT2D eigenvalue weighted by atomic mass is 35.5. The molecular formula is C14H16ClFNO2-. The maximum absolute atomic E-state index is 12.8. The first-order valence-electron chi connectivity index (χ1n) is 5.88. The minimum Gasteiger partial charge on any atom is -1.00 e. The zero-order valence-corrected chi connectivity index (χ0v) is 11.3. The fourth-order valence-corrected chi connectivity index (χ4v) is 1.65. The Morgan fingerprint density at radius 1 is 1.21 bits per heavy atom. The molecule has 19 heavy (non-hydrogen) atoms. The highest BCUT2D eigenvalue weighted by Gasteiger charge is 2.05. The minimum atomic E-state index is -0.378. The van der Waals surface area contributed by atoms with E-state index < -0.39 is 0 Å². The van der Waals surface area contributed by atoms with Gasteiger partial charge in [-0.25, -0.2) is 4.39 Å². The molecular weight excluding hydrogens is 269 g/mol. The zero-order chi connectivity index (χ0) is 13.0. The second-order valence-corrected chi connectivity index (χ2v) is 4.25. The third kappa shape index (κ3) is 4.67. The van der Waals surface area contributed by atoms with E-state index in [9.17, 15) is 4.39 Å². The van der Waals surface area contributed by atoms with Gasteiger partial charge in [0.25, 0.3) is 0 Å². The predicted molar refractivity (Wildman–Crippen MR) is 67.5 cm³/mol. The molecule has 104 valence electrons. The summed E-state index contributed by atoms with van der Waals surface area (Å²) in [6.45, 7) is 2.80. The number of hydrogen-bond acceptors (Lipinski definition) is 3. The second kappa shape index (κ2) is 7.28. The number of aliphatic hydroxyl groups excluding tert-OH is 1. The monoisotopic (exact) mass is 284 g/mol. The van der Waals surface area contributed by atoms with Crippen LogP contribution in [0.15, 0.2) is 40.8 Å². The van der Waals surface area contributed by atoms with Crippen molar-refractivity contribution in [3.63, 3.8) is 0 Å². The Balaban J connectivity index is 0.00000180. The Morgan fingerprint density at radius 3 is 2.53 bits per heavy atom. The molecule has 0 saturated heterocycles. The van der Waals surface area contributed by atoms with Crippen LogP contribution in [-0.2, 0) is 6.54 Å². The predicted octanol–water partition coefficient (Wildman–Crippen LogP) is -0.440. The molecule has 1 aromatic heterocycles. The van der Waals surface area contributed by atoms with Crippen LogP contribution in [0.3, 0.4) is 0 Å². The molecule has 1 unspecified atom stereocenters. The summed E-state index contributed by atoms with van der Waals surface area (Å²) in [6.07, 6.45) is -0.378. The molecule has 0 bridgehead atoms. The summed E-state index contributed by atoms with van der Waals surface area (Å²) < 4.78 is 18.4. The van der Waals surface area contributed by atoms with Gasteiger partial charge in [0.2, 0.25) is 0 Å². The van der Waals surface area contributed by atoms with Crippen molar-refractivity contribution in [1.82, 2.24) is 5.32 Å². The molecule has 0 saturated carbocycles. The van der Waals surface area contributed by atoms with Crippen molar-refractivity contribution in [1.29, 1.82) is 0 Å². The van der Waals surface area contributed by atoms with Gasteiger partial charge >= 0.3 is 0 Å². The van der Waals surface area contributed by atoms with Crippen LogP contribution in [0.25, 0.3) is 11.3 Å². The first kappa shape index (κ1) is 15.7. The van der Waals surface area contributed by atoms with E-state index in [0.29, 0.717) is 18.8 Å². The molecule has 1 atom stereocenters. The van der Waals surface area contributed by atoms with Crippen LogP contribution in [0.2, 0.25) is 0 Å². The van der Waals surface area contributed by atoms with Gasteiger partial charge in [-0.2, -0.15) is 0 Å². The lowest BCUT2D eigenvalue weighted by Gasteiger charge is -2.04. The first-order chi connectivity index (χ1) is 8.65. The van der Waals surface area contributed by atoms with E-state index in [0.717, 1.165) is 11.3 Å². The number of rotatable bonds is 5. The van der Waals surface area contributed by atoms with Crippen molar-refractivity contribution in [2.75, 3.05) is 6.54 Å². The molecule has 3 nitrogen and oxygen atoms in total. The molecule has 5 heteroatoms. The molecule has 2 rings (SSSR count). The van der Waals surface area contributed by atoms with Crippen molar-refractivity contribution >= 4 is 0 Å². The average molecular weight is 285 g/mol. The minimum absolute atomic E-state index is 0. The maximum atomic E-state index is 12.8. The van der Waals surface area contributed by atoms with E-state index >= 15 is 0 Å². The summed E-state index contributed by atoms with van der Waals surface area (Å²) in [7, 11) is 0. The highest BCUT2D eigenvalue weighted by molar-refractivity contribution is 5.57. The molecule has 0 aliphatic heterocycles. The van der Waals surface area contributed by atoms with Crippen LogP contribution >= 0.6 is 0 Å². The van der Waals surface area contributed by atoms with Crippen LogP contribution in [0.1, 0.15) is 12.7 Å². The van der Waals surface area contributed by atoms with E-state index in [2.05, 4.69) is 5.32 Å². The van der Waals surface area contributed by atoms with Gasteiger partial charge in [-0.05, 0) is 43.3 Å². The average Bonchev–Trinajstić information content (AvgIpc) is 2.78. The van der Waals surface area contributed by atoms with Crippen LogP contribution in [0.4, 0.5) is 4.39 Å². The summed E-state index contributed by atoms with van der Waals surface area (Å²) >= 11 is 0. The summed E-state index contributed by atoms with van der Waals surface area (Å²) in [6, 6.07) is 9.90. The van der Waals surface area contributed by atoms with Gasteiger partial charge in [0.1, 0.15) is 17.3 Å². The van der Waals surface area contributed by atoms with Gasteiger partial charge in [0.05, 0.1) is 12.6 Å². The Bertz CT molecular complexity index is 496. The van der Waals surface area contributed by atoms with Crippen molar-refractivity contribution in [3.05, 3.63) is 48.0 Å². The topological polar surface area (TPSA) is 45.4 Å². The molecule has 1 aromatic carbocycles. The number of hydrogen-bond donors (Lipinski definition) is 2. The lowest BCUT2D eigenvalue weighted by molar-refractivity contribution is -0.00000717. The van der Waals surface area contributed by atoms with E-state index in [-0.39, 0.29) is 24.3 Å². The molecule has 0 amide bonds. The van der Waals surface area contributed by atoms with Crippen LogP contribution in [0, 0.1) is 5.82 Å². The summed E-state index contributed by atoms with van der Waals surface area (Å²) in [4.78, 5) is 0. The number of aliphatic hydroxyl groups is 1. The Morgan fingerprint density at radius 2 is 1.89 bits per heavy atom. The van der Waals surface area contributed by atoms with Gasteiger partial charge in [-0.3, -0.25) is 0 Å². The van der Waals surface area contributed by atoms with Crippen LogP contribution in [0.5, 0.6) is 0 Å². The lowest BCUT2D eigenvalue weighted by atomic mass is 10.2. The standard InChI is InChI=1S/C14H16FNO2.ClH/c1-10(17)8-16-9-13-6-7-14(18-13)11-2-4-12(15)5-3-11;/h2-7,10,16-17H,8-9H2,1H3;1H/p-1. The third-order valence-electron chi connectivity index (χ3n) is 2.53. The summed E-state index contributed by atoms with van der Waals surface area (Å²) in [5.74, 6) is 1.24. The van der Waals surface area contributed by atoms with Crippen molar-refractivity contribution in [3.8, 4) is 11.3 Å². The number of nitrogens with one attached hydrogen (secondary N) is 1. The molecule has 2 aromatic rings. The highest BCUT2D eigenvalue weighted by Crippen LogP contribution is 2.22. The van der Waals surface area contributed by atoms with Crippen molar-refractivity contribution < 1.29 is 26.3 Å². The second-order valence-electron chi connectivity index (χ2n) is 4.25. The van der Waals surface area contributed by atoms with Gasteiger partial charge in [-0.1, -0.05) is 0 Å². The molecule has 0 spiro atoms. The number of halogens is 2. The third-order valence-corrected chi connectivity index (χ3v) is 2.53. The fourth-order valence-electron chi connectivity index (χ4n) is 1.65. The van der Waals surface area contributed by atoms with Gasteiger partial charge < -0.3 is 27.2 Å². The van der Waals surface area contributed by atoms with Gasteiger partial charge in [-0.15, -0.1) is 0 Å². The smallest absolute Gasteiger partial charge is 0.134 e. The van der Waals surface area contributed by atoms with E-state index in [1.54, 1.807) is 19.1 Å². The van der Waals surface area contributed by atoms with Crippen molar-refractivity contribution in [2.45, 2.75) is 19.6 Å². The molecule has 0 aliphatic rings. The van der Waals surface area contributed by atoms with Crippen molar-refractivity contribution in [2.24, 2.45) is 0 Å². The molecule has 1 heterocycles. The number of benzene rings is 1. The van der Waals surface area contributed by atoms with Gasteiger partial charge in [0, 0.05) is 12.1 Å². The van der Waals surface area contributed by atoms with Crippen LogP contribution < -0.4 is 17.7 Å².